The van der Waals surface area contributed by atoms with Crippen molar-refractivity contribution in [2.24, 2.45) is 11.8 Å². The van der Waals surface area contributed by atoms with Gasteiger partial charge in [0.25, 0.3) is 5.69 Å². The number of hydrogen-bond donors (Lipinski definition) is 2. The minimum Gasteiger partial charge on any atom is -0.480 e. The van der Waals surface area contributed by atoms with Gasteiger partial charge in [0.2, 0.25) is 0 Å². The number of benzene rings is 2. The Bertz CT molecular complexity index is 1240. The Kier molecular flexibility index (Phi) is 10.9. The first-order chi connectivity index (χ1) is 21.3. The molecule has 2 saturated heterocycles. The van der Waals surface area contributed by atoms with Crippen LogP contribution in [0.25, 0.3) is 0 Å². The topological polar surface area (TPSA) is 119 Å². The second kappa shape index (κ2) is 15.0. The van der Waals surface area contributed by atoms with Crippen LogP contribution in [0.1, 0.15) is 68.9 Å². The van der Waals surface area contributed by atoms with Gasteiger partial charge in [0.1, 0.15) is 6.04 Å². The molecule has 1 aliphatic carbocycles. The van der Waals surface area contributed by atoms with Crippen LogP contribution < -0.4 is 5.32 Å². The first-order valence-electron chi connectivity index (χ1n) is 16.4. The van der Waals surface area contributed by atoms with Crippen LogP contribution in [-0.2, 0) is 11.3 Å². The molecule has 2 N–H and O–H groups in total. The first-order valence-corrected chi connectivity index (χ1v) is 16.4. The van der Waals surface area contributed by atoms with E-state index in [1.54, 1.807) is 12.1 Å². The van der Waals surface area contributed by atoms with Crippen molar-refractivity contribution in [1.29, 1.82) is 0 Å². The fourth-order valence-electron chi connectivity index (χ4n) is 7.83. The van der Waals surface area contributed by atoms with E-state index < -0.39 is 16.9 Å². The summed E-state index contributed by atoms with van der Waals surface area (Å²) in [6.45, 7) is 7.26. The highest BCUT2D eigenvalue weighted by molar-refractivity contribution is 5.74. The van der Waals surface area contributed by atoms with Gasteiger partial charge in [-0.15, -0.1) is 0 Å². The number of non-ortho nitro benzene ring substituents is 1. The van der Waals surface area contributed by atoms with E-state index in [1.165, 1.54) is 24.1 Å². The minimum absolute atomic E-state index is 0.0355. The number of carboxylic acid groups (broad SMARTS) is 1. The van der Waals surface area contributed by atoms with Crippen molar-refractivity contribution in [3.63, 3.8) is 0 Å². The van der Waals surface area contributed by atoms with Crippen molar-refractivity contribution in [2.45, 2.75) is 76.4 Å². The molecule has 3 fully saturated rings. The fraction of sp³-hybridized carbons (Fsp3) is 0.588. The van der Waals surface area contributed by atoms with Gasteiger partial charge in [-0.3, -0.25) is 19.8 Å². The molecule has 2 aliphatic heterocycles. The van der Waals surface area contributed by atoms with Crippen molar-refractivity contribution in [2.75, 3.05) is 39.3 Å². The summed E-state index contributed by atoms with van der Waals surface area (Å²) >= 11 is 0. The van der Waals surface area contributed by atoms with E-state index in [0.717, 1.165) is 76.8 Å². The van der Waals surface area contributed by atoms with Gasteiger partial charge in [-0.2, -0.15) is 0 Å². The summed E-state index contributed by atoms with van der Waals surface area (Å²) in [6.07, 6.45) is 7.29. The molecule has 10 nitrogen and oxygen atoms in total. The summed E-state index contributed by atoms with van der Waals surface area (Å²) < 4.78 is 0. The SMILES string of the molecule is CCN(C(=O)NCc1ccc([N+](=O)[O-])cc1)C1CCN(C[C@H]2CN([C@@H](C(=O)O)C3CCCCC3)C[C@@H]2c2ccccc2)CC1. The minimum atomic E-state index is -0.670. The number of piperidine rings is 1. The average molecular weight is 606 g/mol. The standard InChI is InChI=1S/C34H47N5O5/c1-2-38(34(42)35-21-25-13-15-30(16-14-25)39(43)44)29-17-19-36(20-18-29)22-28-23-37(24-31(28)26-9-5-3-6-10-26)32(33(40)41)27-11-7-4-8-12-27/h3,5-6,9-10,13-16,27-29,31-32H,2,4,7-8,11-12,17-24H2,1H3,(H,35,42)(H,40,41)/t28-,31+,32+/m0/s1. The second-order valence-electron chi connectivity index (χ2n) is 12.8. The molecule has 0 radical (unpaired) electrons. The van der Waals surface area contributed by atoms with Gasteiger partial charge >= 0.3 is 12.0 Å². The van der Waals surface area contributed by atoms with E-state index in [-0.39, 0.29) is 23.7 Å². The number of nitrogens with zero attached hydrogens (tertiary/aromatic N) is 4. The molecule has 3 aliphatic rings. The van der Waals surface area contributed by atoms with E-state index in [4.69, 9.17) is 0 Å². The summed E-state index contributed by atoms with van der Waals surface area (Å²) in [4.78, 5) is 42.9. The predicted molar refractivity (Wildman–Crippen MR) is 169 cm³/mol. The van der Waals surface area contributed by atoms with Gasteiger partial charge in [0.15, 0.2) is 0 Å². The van der Waals surface area contributed by atoms with E-state index in [0.29, 0.717) is 24.9 Å². The molecule has 2 amide bonds. The van der Waals surface area contributed by atoms with Crippen LogP contribution >= 0.6 is 0 Å². The van der Waals surface area contributed by atoms with E-state index >= 15 is 0 Å². The van der Waals surface area contributed by atoms with Crippen LogP contribution in [0.2, 0.25) is 0 Å². The van der Waals surface area contributed by atoms with Gasteiger partial charge in [0.05, 0.1) is 4.92 Å². The Morgan fingerprint density at radius 3 is 2.30 bits per heavy atom. The lowest BCUT2D eigenvalue weighted by Gasteiger charge is -2.39. The average Bonchev–Trinajstić information content (AvgIpc) is 3.45. The Labute approximate surface area is 260 Å². The van der Waals surface area contributed by atoms with Crippen molar-refractivity contribution >= 4 is 17.7 Å². The summed E-state index contributed by atoms with van der Waals surface area (Å²) in [5.41, 5.74) is 2.15. The maximum atomic E-state index is 13.1. The number of amides is 2. The number of nitrogens with one attached hydrogen (secondary N) is 1. The Balaban J connectivity index is 1.18. The van der Waals surface area contributed by atoms with Crippen LogP contribution in [0, 0.1) is 22.0 Å². The van der Waals surface area contributed by atoms with Crippen LogP contribution in [0.3, 0.4) is 0 Å². The van der Waals surface area contributed by atoms with Gasteiger partial charge in [-0.05, 0) is 55.6 Å². The van der Waals surface area contributed by atoms with Crippen LogP contribution in [0.4, 0.5) is 10.5 Å². The zero-order valence-corrected chi connectivity index (χ0v) is 25.9. The zero-order valence-electron chi connectivity index (χ0n) is 25.9. The quantitative estimate of drug-likeness (QED) is 0.262. The van der Waals surface area contributed by atoms with Gasteiger partial charge in [-0.1, -0.05) is 61.7 Å². The summed E-state index contributed by atoms with van der Waals surface area (Å²) in [5, 5.41) is 24.2. The number of urea groups is 1. The highest BCUT2D eigenvalue weighted by Crippen LogP contribution is 2.38. The van der Waals surface area contributed by atoms with Crippen molar-refractivity contribution in [3.8, 4) is 0 Å². The third kappa shape index (κ3) is 7.77. The number of nitro groups is 1. The van der Waals surface area contributed by atoms with Gasteiger partial charge in [-0.25, -0.2) is 4.79 Å². The third-order valence-electron chi connectivity index (χ3n) is 10.1. The summed E-state index contributed by atoms with van der Waals surface area (Å²) in [7, 11) is 0. The number of likely N-dealkylation sites (tertiary alicyclic amines) is 2. The molecule has 2 aromatic carbocycles. The lowest BCUT2D eigenvalue weighted by Crippen LogP contribution is -2.51. The van der Waals surface area contributed by atoms with Gasteiger partial charge in [0, 0.05) is 69.9 Å². The lowest BCUT2D eigenvalue weighted by molar-refractivity contribution is -0.384. The van der Waals surface area contributed by atoms with E-state index in [2.05, 4.69) is 39.4 Å². The number of nitro benzene ring substituents is 1. The summed E-state index contributed by atoms with van der Waals surface area (Å²) in [6, 6.07) is 16.5. The number of carboxylic acids is 1. The molecular formula is C34H47N5O5. The third-order valence-corrected chi connectivity index (χ3v) is 10.1. The summed E-state index contributed by atoms with van der Waals surface area (Å²) in [5.74, 6) is 0.221. The Morgan fingerprint density at radius 2 is 1.68 bits per heavy atom. The largest absolute Gasteiger partial charge is 0.480 e. The maximum Gasteiger partial charge on any atom is 0.321 e. The molecule has 0 spiro atoms. The molecule has 0 aromatic heterocycles. The van der Waals surface area contributed by atoms with Crippen LogP contribution in [-0.4, -0.2) is 88.1 Å². The van der Waals surface area contributed by atoms with E-state index in [1.807, 2.05) is 17.9 Å². The molecule has 0 unspecified atom stereocenters. The zero-order chi connectivity index (χ0) is 31.1. The molecule has 2 heterocycles. The predicted octanol–water partition coefficient (Wildman–Crippen LogP) is 5.34. The molecule has 0 bridgehead atoms. The number of rotatable bonds is 11. The molecule has 10 heteroatoms. The smallest absolute Gasteiger partial charge is 0.321 e. The van der Waals surface area contributed by atoms with Crippen LogP contribution in [0.15, 0.2) is 54.6 Å². The molecule has 1 saturated carbocycles. The number of carbonyl (C=O) groups is 2. The molecule has 2 aromatic rings. The molecule has 3 atom stereocenters. The number of aliphatic carboxylic acids is 1. The highest BCUT2D eigenvalue weighted by Gasteiger charge is 2.43. The highest BCUT2D eigenvalue weighted by atomic mass is 16.6. The van der Waals surface area contributed by atoms with Crippen molar-refractivity contribution < 1.29 is 19.6 Å². The Morgan fingerprint density at radius 1 is 1.00 bits per heavy atom. The normalized spacial score (nSPS) is 22.8. The monoisotopic (exact) mass is 605 g/mol. The Hall–Kier alpha value is -3.50. The van der Waals surface area contributed by atoms with E-state index in [9.17, 15) is 24.8 Å². The molecule has 5 rings (SSSR count). The number of carbonyl (C=O) groups excluding carboxylic acids is 1. The lowest BCUT2D eigenvalue weighted by atomic mass is 9.83. The first kappa shape index (κ1) is 31.9. The maximum absolute atomic E-state index is 13.1. The molecule has 44 heavy (non-hydrogen) atoms. The fourth-order valence-corrected chi connectivity index (χ4v) is 7.83. The molecular weight excluding hydrogens is 558 g/mol. The van der Waals surface area contributed by atoms with Crippen molar-refractivity contribution in [3.05, 3.63) is 75.8 Å². The second-order valence-corrected chi connectivity index (χ2v) is 12.8. The number of hydrogen-bond acceptors (Lipinski definition) is 6. The van der Waals surface area contributed by atoms with Crippen molar-refractivity contribution in [1.82, 2.24) is 20.0 Å². The van der Waals surface area contributed by atoms with Gasteiger partial charge < -0.3 is 20.2 Å². The van der Waals surface area contributed by atoms with Crippen LogP contribution in [0.5, 0.6) is 0 Å². The molecule has 238 valence electrons.